The molecule has 1 aromatic carbocycles. The summed E-state index contributed by atoms with van der Waals surface area (Å²) in [6.45, 7) is 2.24. The van der Waals surface area contributed by atoms with E-state index in [1.54, 1.807) is 30.5 Å². The number of carbonyl (C=O) groups is 1. The Morgan fingerprint density at radius 1 is 1.35 bits per heavy atom. The van der Waals surface area contributed by atoms with Gasteiger partial charge in [0.05, 0.1) is 5.69 Å². The summed E-state index contributed by atoms with van der Waals surface area (Å²) >= 11 is 1.22. The van der Waals surface area contributed by atoms with Crippen LogP contribution in [0, 0.1) is 0 Å². The van der Waals surface area contributed by atoms with E-state index in [0.29, 0.717) is 28.5 Å². The smallest absolute Gasteiger partial charge is 0.273 e. The van der Waals surface area contributed by atoms with Crippen LogP contribution in [0.25, 0.3) is 0 Å². The lowest BCUT2D eigenvalue weighted by Gasteiger charge is -2.30. The minimum Gasteiger partial charge on any atom is -0.326 e. The standard InChI is InChI=1S/C16H18N2O3S2/c1-2-15(19)17-13-8-7-12-5-3-9-18(14(12)11-13)23(20,21)16-6-4-10-22-16/h4,6-8,10-11H,2-3,5,9H2,1H3,(H,17,19). The SMILES string of the molecule is CCC(=O)Nc1ccc2c(c1)N(S(=O)(=O)c1cccs1)CCC2. The molecule has 1 amide bonds. The zero-order valence-electron chi connectivity index (χ0n) is 12.8. The van der Waals surface area contributed by atoms with Gasteiger partial charge in [-0.2, -0.15) is 0 Å². The maximum absolute atomic E-state index is 12.8. The van der Waals surface area contributed by atoms with E-state index in [1.165, 1.54) is 15.6 Å². The van der Waals surface area contributed by atoms with Crippen molar-refractivity contribution in [1.29, 1.82) is 0 Å². The molecule has 1 N–H and O–H groups in total. The number of nitrogens with zero attached hydrogens (tertiary/aromatic N) is 1. The molecule has 0 spiro atoms. The predicted octanol–water partition coefficient (Wildman–Crippen LogP) is 3.24. The lowest BCUT2D eigenvalue weighted by atomic mass is 10.0. The topological polar surface area (TPSA) is 66.5 Å². The van der Waals surface area contributed by atoms with Crippen LogP contribution in [0.4, 0.5) is 11.4 Å². The molecule has 7 heteroatoms. The number of benzene rings is 1. The summed E-state index contributed by atoms with van der Waals surface area (Å²) in [6, 6.07) is 8.84. The Balaban J connectivity index is 2.01. The first-order valence-electron chi connectivity index (χ1n) is 7.51. The monoisotopic (exact) mass is 350 g/mol. The fraction of sp³-hybridized carbons (Fsp3) is 0.312. The fourth-order valence-electron chi connectivity index (χ4n) is 2.64. The van der Waals surface area contributed by atoms with Gasteiger partial charge in [0.25, 0.3) is 10.0 Å². The third-order valence-corrected chi connectivity index (χ3v) is 6.99. The largest absolute Gasteiger partial charge is 0.326 e. The highest BCUT2D eigenvalue weighted by atomic mass is 32.2. The van der Waals surface area contributed by atoms with E-state index in [4.69, 9.17) is 0 Å². The quantitative estimate of drug-likeness (QED) is 0.920. The predicted molar refractivity (Wildman–Crippen MR) is 92.5 cm³/mol. The minimum atomic E-state index is -3.54. The number of sulfonamides is 1. The second-order valence-corrected chi connectivity index (χ2v) is 8.39. The zero-order valence-corrected chi connectivity index (χ0v) is 14.4. The van der Waals surface area contributed by atoms with Crippen molar-refractivity contribution in [1.82, 2.24) is 0 Å². The van der Waals surface area contributed by atoms with Crippen molar-refractivity contribution in [2.24, 2.45) is 0 Å². The molecule has 0 saturated heterocycles. The molecule has 0 bridgehead atoms. The molecule has 122 valence electrons. The number of anilines is 2. The van der Waals surface area contributed by atoms with Gasteiger partial charge in [0.2, 0.25) is 5.91 Å². The molecule has 0 unspecified atom stereocenters. The molecule has 2 aromatic rings. The Morgan fingerprint density at radius 3 is 2.87 bits per heavy atom. The number of amides is 1. The van der Waals surface area contributed by atoms with Crippen LogP contribution in [0.15, 0.2) is 39.9 Å². The van der Waals surface area contributed by atoms with Crippen LogP contribution in [0.5, 0.6) is 0 Å². The lowest BCUT2D eigenvalue weighted by Crippen LogP contribution is -2.35. The molecule has 0 saturated carbocycles. The first-order valence-corrected chi connectivity index (χ1v) is 9.83. The Bertz CT molecular complexity index is 814. The summed E-state index contributed by atoms with van der Waals surface area (Å²) in [5, 5.41) is 4.55. The van der Waals surface area contributed by atoms with Crippen molar-refractivity contribution >= 4 is 38.6 Å². The molecule has 0 radical (unpaired) electrons. The highest BCUT2D eigenvalue weighted by Crippen LogP contribution is 2.35. The number of thiophene rings is 1. The van der Waals surface area contributed by atoms with Crippen LogP contribution in [0.1, 0.15) is 25.3 Å². The number of hydrogen-bond donors (Lipinski definition) is 1. The third kappa shape index (κ3) is 3.11. The minimum absolute atomic E-state index is 0.0894. The van der Waals surface area contributed by atoms with Gasteiger partial charge in [0.1, 0.15) is 4.21 Å². The van der Waals surface area contributed by atoms with Crippen molar-refractivity contribution in [2.75, 3.05) is 16.2 Å². The van der Waals surface area contributed by atoms with Crippen LogP contribution in [0.3, 0.4) is 0 Å². The van der Waals surface area contributed by atoms with Crippen molar-refractivity contribution in [3.63, 3.8) is 0 Å². The first kappa shape index (κ1) is 16.0. The normalized spacial score (nSPS) is 14.4. The van der Waals surface area contributed by atoms with E-state index >= 15 is 0 Å². The molecule has 0 fully saturated rings. The Labute approximate surface area is 140 Å². The van der Waals surface area contributed by atoms with Gasteiger partial charge in [-0.25, -0.2) is 8.42 Å². The molecule has 1 aromatic heterocycles. The van der Waals surface area contributed by atoms with Gasteiger partial charge in [0.15, 0.2) is 0 Å². The third-order valence-electron chi connectivity index (χ3n) is 3.81. The summed E-state index contributed by atoms with van der Waals surface area (Å²) < 4.78 is 27.5. The van der Waals surface area contributed by atoms with Gasteiger partial charge in [-0.15, -0.1) is 11.3 Å². The van der Waals surface area contributed by atoms with Crippen LogP contribution in [-0.2, 0) is 21.2 Å². The molecule has 1 aliphatic rings. The average molecular weight is 350 g/mol. The number of nitrogens with one attached hydrogen (secondary N) is 1. The van der Waals surface area contributed by atoms with Crippen molar-refractivity contribution in [3.8, 4) is 0 Å². The van der Waals surface area contributed by atoms with E-state index in [0.717, 1.165) is 18.4 Å². The van der Waals surface area contributed by atoms with E-state index < -0.39 is 10.0 Å². The maximum Gasteiger partial charge on any atom is 0.273 e. The molecular weight excluding hydrogens is 332 g/mol. The van der Waals surface area contributed by atoms with E-state index in [9.17, 15) is 13.2 Å². The van der Waals surface area contributed by atoms with E-state index in [2.05, 4.69) is 5.32 Å². The second kappa shape index (κ2) is 6.33. The Kier molecular flexibility index (Phi) is 4.41. The molecular formula is C16H18N2O3S2. The summed E-state index contributed by atoms with van der Waals surface area (Å²) in [6.07, 6.45) is 2.01. The molecule has 0 atom stereocenters. The number of rotatable bonds is 4. The molecule has 23 heavy (non-hydrogen) atoms. The van der Waals surface area contributed by atoms with Gasteiger partial charge < -0.3 is 5.32 Å². The number of aryl methyl sites for hydroxylation is 1. The summed E-state index contributed by atoms with van der Waals surface area (Å²) in [7, 11) is -3.54. The van der Waals surface area contributed by atoms with Crippen molar-refractivity contribution in [2.45, 2.75) is 30.4 Å². The highest BCUT2D eigenvalue weighted by molar-refractivity contribution is 7.94. The Hall–Kier alpha value is -1.86. The number of hydrogen-bond acceptors (Lipinski definition) is 4. The van der Waals surface area contributed by atoms with Gasteiger partial charge in [-0.3, -0.25) is 9.10 Å². The van der Waals surface area contributed by atoms with Gasteiger partial charge in [0, 0.05) is 18.7 Å². The van der Waals surface area contributed by atoms with Crippen LogP contribution < -0.4 is 9.62 Å². The Morgan fingerprint density at radius 2 is 2.17 bits per heavy atom. The molecule has 0 aliphatic carbocycles. The summed E-state index contributed by atoms with van der Waals surface area (Å²) in [5.74, 6) is -0.0894. The fourth-order valence-corrected chi connectivity index (χ4v) is 5.27. The van der Waals surface area contributed by atoms with Crippen molar-refractivity contribution < 1.29 is 13.2 Å². The highest BCUT2D eigenvalue weighted by Gasteiger charge is 2.30. The van der Waals surface area contributed by atoms with Crippen LogP contribution in [0.2, 0.25) is 0 Å². The zero-order chi connectivity index (χ0) is 16.4. The summed E-state index contributed by atoms with van der Waals surface area (Å²) in [4.78, 5) is 11.6. The molecule has 2 heterocycles. The number of fused-ring (bicyclic) bond motifs is 1. The van der Waals surface area contributed by atoms with E-state index in [1.807, 2.05) is 12.1 Å². The second-order valence-electron chi connectivity index (χ2n) is 5.36. The molecule has 3 rings (SSSR count). The van der Waals surface area contributed by atoms with E-state index in [-0.39, 0.29) is 5.91 Å². The number of carbonyl (C=O) groups excluding carboxylic acids is 1. The van der Waals surface area contributed by atoms with Crippen LogP contribution in [-0.4, -0.2) is 20.9 Å². The average Bonchev–Trinajstić information content (AvgIpc) is 3.09. The summed E-state index contributed by atoms with van der Waals surface area (Å²) in [5.41, 5.74) is 2.29. The lowest BCUT2D eigenvalue weighted by molar-refractivity contribution is -0.115. The van der Waals surface area contributed by atoms with Gasteiger partial charge in [-0.1, -0.05) is 19.1 Å². The maximum atomic E-state index is 12.8. The molecule has 5 nitrogen and oxygen atoms in total. The van der Waals surface area contributed by atoms with Crippen LogP contribution >= 0.6 is 11.3 Å². The molecule has 1 aliphatic heterocycles. The first-order chi connectivity index (χ1) is 11.0. The van der Waals surface area contributed by atoms with Gasteiger partial charge >= 0.3 is 0 Å². The van der Waals surface area contributed by atoms with Gasteiger partial charge in [-0.05, 0) is 42.0 Å². The van der Waals surface area contributed by atoms with Crippen molar-refractivity contribution in [3.05, 3.63) is 41.3 Å².